The van der Waals surface area contributed by atoms with Crippen molar-refractivity contribution in [3.05, 3.63) is 48.0 Å². The molecule has 0 aromatic heterocycles. The Balaban J connectivity index is 2.44. The van der Waals surface area contributed by atoms with Crippen LogP contribution in [0.5, 0.6) is 23.0 Å². The maximum absolute atomic E-state index is 11.4. The van der Waals surface area contributed by atoms with E-state index in [1.54, 1.807) is 25.3 Å². The Morgan fingerprint density at radius 1 is 1.00 bits per heavy atom. The van der Waals surface area contributed by atoms with E-state index in [1.807, 2.05) is 52.0 Å². The Morgan fingerprint density at radius 2 is 1.66 bits per heavy atom. The fourth-order valence-electron chi connectivity index (χ4n) is 2.68. The molecule has 2 unspecified atom stereocenters. The molecule has 158 valence electrons. The second kappa shape index (κ2) is 9.57. The zero-order valence-corrected chi connectivity index (χ0v) is 18.8. The van der Waals surface area contributed by atoms with Gasteiger partial charge in [0.1, 0.15) is 11.4 Å². The Morgan fingerprint density at radius 3 is 2.24 bits per heavy atom. The van der Waals surface area contributed by atoms with E-state index in [4.69, 9.17) is 18.7 Å². The van der Waals surface area contributed by atoms with Crippen LogP contribution in [-0.2, 0) is 14.9 Å². The van der Waals surface area contributed by atoms with E-state index >= 15 is 0 Å². The van der Waals surface area contributed by atoms with Gasteiger partial charge in [-0.15, -0.1) is 4.89 Å². The zero-order valence-electron chi connectivity index (χ0n) is 17.9. The maximum Gasteiger partial charge on any atom is 0.747 e. The lowest BCUT2D eigenvalue weighted by atomic mass is 9.93. The largest absolute Gasteiger partial charge is 0.747 e. The molecule has 0 spiro atoms. The molecule has 1 N–H and O–H groups in total. The summed E-state index contributed by atoms with van der Waals surface area (Å²) in [5, 5.41) is 0. The van der Waals surface area contributed by atoms with Crippen LogP contribution in [0.15, 0.2) is 42.5 Å². The Hall–Kier alpha value is -2.14. The molecule has 6 nitrogen and oxygen atoms in total. The van der Waals surface area contributed by atoms with Gasteiger partial charge in [-0.25, -0.2) is 4.52 Å². The first kappa shape index (κ1) is 23.1. The minimum absolute atomic E-state index is 0.0908. The number of hydrogen-bond acceptors (Lipinski definition) is 5. The highest BCUT2D eigenvalue weighted by molar-refractivity contribution is 7.32. The molecule has 0 bridgehead atoms. The number of ether oxygens (including phenoxy) is 3. The van der Waals surface area contributed by atoms with Crippen LogP contribution < -0.4 is 14.0 Å². The van der Waals surface area contributed by atoms with Crippen LogP contribution in [0.25, 0.3) is 0 Å². The first-order chi connectivity index (χ1) is 13.6. The topological polar surface area (TPSA) is 74.2 Å². The van der Waals surface area contributed by atoms with E-state index < -0.39 is 19.5 Å². The molecule has 0 amide bonds. The van der Waals surface area contributed by atoms with Gasteiger partial charge in [0.2, 0.25) is 0 Å². The third kappa shape index (κ3) is 5.92. The van der Waals surface area contributed by atoms with E-state index in [9.17, 15) is 9.46 Å². The van der Waals surface area contributed by atoms with Crippen molar-refractivity contribution in [3.8, 4) is 23.0 Å². The van der Waals surface area contributed by atoms with Crippen molar-refractivity contribution < 1.29 is 28.2 Å². The molecular formula is C22H30O6P+. The highest BCUT2D eigenvalue weighted by Crippen LogP contribution is 2.45. The summed E-state index contributed by atoms with van der Waals surface area (Å²) in [5.41, 5.74) is 0.0535. The van der Waals surface area contributed by atoms with Crippen molar-refractivity contribution in [2.75, 3.05) is 7.11 Å². The second-order valence-corrected chi connectivity index (χ2v) is 8.20. The van der Waals surface area contributed by atoms with E-state index in [1.165, 1.54) is 0 Å². The zero-order chi connectivity index (χ0) is 21.7. The predicted molar refractivity (Wildman–Crippen MR) is 113 cm³/mol. The van der Waals surface area contributed by atoms with Crippen molar-refractivity contribution in [3.63, 3.8) is 0 Å². The van der Waals surface area contributed by atoms with E-state index in [-0.39, 0.29) is 5.75 Å². The maximum atomic E-state index is 11.4. The van der Waals surface area contributed by atoms with E-state index in [0.29, 0.717) is 17.2 Å². The average molecular weight is 421 g/mol. The summed E-state index contributed by atoms with van der Waals surface area (Å²) >= 11 is 0. The minimum Gasteiger partial charge on any atom is -0.484 e. The van der Waals surface area contributed by atoms with Gasteiger partial charge >= 0.3 is 8.25 Å². The molecule has 2 aromatic carbocycles. The van der Waals surface area contributed by atoms with Gasteiger partial charge in [0.25, 0.3) is 5.75 Å². The van der Waals surface area contributed by atoms with E-state index in [2.05, 4.69) is 6.92 Å². The standard InChI is InChI=1S/C22H29O6P/c1-7-21(3,4)27-19-14-10-13-18(20(19)28-29(23)24)26-17-12-9-11-16(15-17)22(5,8-2)25-6/h9-15H,7-8H2,1-6H3/p+1. The van der Waals surface area contributed by atoms with Gasteiger partial charge < -0.3 is 14.2 Å². The number of rotatable bonds is 10. The first-order valence-electron chi connectivity index (χ1n) is 9.63. The summed E-state index contributed by atoms with van der Waals surface area (Å²) in [6, 6.07) is 12.7. The molecule has 0 heterocycles. The van der Waals surface area contributed by atoms with Crippen molar-refractivity contribution in [1.29, 1.82) is 0 Å². The SMILES string of the molecule is CCC(C)(C)Oc1cccc(Oc2cccc(C(C)(CC)OC)c2)c1O[P+](=O)O. The molecule has 0 saturated heterocycles. The monoisotopic (exact) mass is 421 g/mol. The summed E-state index contributed by atoms with van der Waals surface area (Å²) in [6.07, 6.45) is 1.54. The molecular weight excluding hydrogens is 391 g/mol. The van der Waals surface area contributed by atoms with Crippen molar-refractivity contribution >= 4 is 8.25 Å². The summed E-state index contributed by atoms with van der Waals surface area (Å²) in [6.45, 7) is 9.93. The smallest absolute Gasteiger partial charge is 0.484 e. The predicted octanol–water partition coefficient (Wildman–Crippen LogP) is 6.35. The summed E-state index contributed by atoms with van der Waals surface area (Å²) in [5.74, 6) is 1.29. The second-order valence-electron chi connectivity index (χ2n) is 7.55. The number of para-hydroxylation sites is 1. The number of methoxy groups -OCH3 is 1. The van der Waals surface area contributed by atoms with Crippen LogP contribution >= 0.6 is 8.25 Å². The van der Waals surface area contributed by atoms with Crippen LogP contribution in [0.3, 0.4) is 0 Å². The van der Waals surface area contributed by atoms with Gasteiger partial charge in [0, 0.05) is 11.7 Å². The Labute approximate surface area is 173 Å². The van der Waals surface area contributed by atoms with Gasteiger partial charge in [0.05, 0.1) is 5.60 Å². The molecule has 2 aromatic rings. The van der Waals surface area contributed by atoms with Crippen LogP contribution in [0.4, 0.5) is 0 Å². The molecule has 29 heavy (non-hydrogen) atoms. The number of benzene rings is 2. The quantitative estimate of drug-likeness (QED) is 0.451. The molecule has 0 fully saturated rings. The van der Waals surface area contributed by atoms with Crippen LogP contribution in [-0.4, -0.2) is 17.6 Å². The Kier molecular flexibility index (Phi) is 7.64. The van der Waals surface area contributed by atoms with Gasteiger partial charge in [0.15, 0.2) is 11.5 Å². The molecule has 0 aliphatic carbocycles. The normalized spacial score (nSPS) is 14.1. The summed E-state index contributed by atoms with van der Waals surface area (Å²) < 4.78 is 34.3. The highest BCUT2D eigenvalue weighted by Gasteiger charge is 2.28. The minimum atomic E-state index is -2.89. The summed E-state index contributed by atoms with van der Waals surface area (Å²) in [7, 11) is -1.21. The molecule has 0 aliphatic rings. The van der Waals surface area contributed by atoms with Crippen molar-refractivity contribution in [2.24, 2.45) is 0 Å². The van der Waals surface area contributed by atoms with Crippen LogP contribution in [0.1, 0.15) is 53.0 Å². The lowest BCUT2D eigenvalue weighted by Crippen LogP contribution is -2.27. The van der Waals surface area contributed by atoms with Gasteiger partial charge in [-0.05, 0) is 63.4 Å². The highest BCUT2D eigenvalue weighted by atomic mass is 31.1. The fourth-order valence-corrected chi connectivity index (χ4v) is 3.01. The first-order valence-corrected chi connectivity index (χ1v) is 10.8. The fraction of sp³-hybridized carbons (Fsp3) is 0.455. The van der Waals surface area contributed by atoms with Gasteiger partial charge in [-0.3, -0.25) is 0 Å². The van der Waals surface area contributed by atoms with Crippen molar-refractivity contribution in [2.45, 2.75) is 58.7 Å². The van der Waals surface area contributed by atoms with Crippen LogP contribution in [0, 0.1) is 0 Å². The molecule has 7 heteroatoms. The summed E-state index contributed by atoms with van der Waals surface area (Å²) in [4.78, 5) is 9.35. The Bertz CT molecular complexity index is 845. The lowest BCUT2D eigenvalue weighted by Gasteiger charge is -2.27. The van der Waals surface area contributed by atoms with Crippen molar-refractivity contribution in [1.82, 2.24) is 0 Å². The molecule has 0 radical (unpaired) electrons. The van der Waals surface area contributed by atoms with Gasteiger partial charge in [-0.2, -0.15) is 0 Å². The third-order valence-electron chi connectivity index (χ3n) is 5.15. The molecule has 0 saturated carbocycles. The van der Waals surface area contributed by atoms with Crippen LogP contribution in [0.2, 0.25) is 0 Å². The number of hydrogen-bond donors (Lipinski definition) is 1. The molecule has 2 rings (SSSR count). The van der Waals surface area contributed by atoms with Gasteiger partial charge in [-0.1, -0.05) is 32.0 Å². The third-order valence-corrected chi connectivity index (χ3v) is 5.49. The molecule has 2 atom stereocenters. The van der Waals surface area contributed by atoms with E-state index in [0.717, 1.165) is 18.4 Å². The lowest BCUT2D eigenvalue weighted by molar-refractivity contribution is -0.00152. The average Bonchev–Trinajstić information content (AvgIpc) is 2.69. The molecule has 0 aliphatic heterocycles.